The summed E-state index contributed by atoms with van der Waals surface area (Å²) >= 11 is 0. The van der Waals surface area contributed by atoms with Crippen LogP contribution in [0.5, 0.6) is 0 Å². The van der Waals surface area contributed by atoms with Gasteiger partial charge in [-0.3, -0.25) is 10.1 Å². The molecule has 120 valence electrons. The van der Waals surface area contributed by atoms with Gasteiger partial charge in [0.1, 0.15) is 0 Å². The smallest absolute Gasteiger partial charge is 0.273 e. The van der Waals surface area contributed by atoms with Crippen LogP contribution in [0, 0.1) is 10.1 Å². The van der Waals surface area contributed by atoms with Gasteiger partial charge >= 0.3 is 0 Å². The van der Waals surface area contributed by atoms with Crippen molar-refractivity contribution >= 4 is 17.1 Å². The van der Waals surface area contributed by atoms with Crippen LogP contribution in [-0.4, -0.2) is 69.4 Å². The second-order valence-electron chi connectivity index (χ2n) is 5.85. The van der Waals surface area contributed by atoms with Gasteiger partial charge < -0.3 is 19.4 Å². The van der Waals surface area contributed by atoms with Gasteiger partial charge in [-0.1, -0.05) is 0 Å². The summed E-state index contributed by atoms with van der Waals surface area (Å²) in [6, 6.07) is 5.43. The zero-order valence-electron chi connectivity index (χ0n) is 12.9. The highest BCUT2D eigenvalue weighted by Crippen LogP contribution is 2.30. The number of morpholine rings is 1. The maximum atomic E-state index is 11.3. The molecule has 2 aliphatic heterocycles. The summed E-state index contributed by atoms with van der Waals surface area (Å²) < 4.78 is 5.37. The molecule has 7 nitrogen and oxygen atoms in total. The lowest BCUT2D eigenvalue weighted by Gasteiger charge is -2.35. The summed E-state index contributed by atoms with van der Waals surface area (Å²) in [5, 5.41) is 11.3. The van der Waals surface area contributed by atoms with Crippen molar-refractivity contribution in [3.63, 3.8) is 0 Å². The van der Waals surface area contributed by atoms with E-state index in [-0.39, 0.29) is 10.6 Å². The van der Waals surface area contributed by atoms with E-state index in [0.717, 1.165) is 50.6 Å². The van der Waals surface area contributed by atoms with Crippen molar-refractivity contribution in [1.82, 2.24) is 4.90 Å². The van der Waals surface area contributed by atoms with Crippen LogP contribution in [0.15, 0.2) is 18.2 Å². The highest BCUT2D eigenvalue weighted by molar-refractivity contribution is 5.66. The zero-order chi connectivity index (χ0) is 15.5. The lowest BCUT2D eigenvalue weighted by molar-refractivity contribution is -0.384. The van der Waals surface area contributed by atoms with Crippen LogP contribution in [0.3, 0.4) is 0 Å². The monoisotopic (exact) mass is 306 g/mol. The van der Waals surface area contributed by atoms with E-state index in [2.05, 4.69) is 27.8 Å². The van der Waals surface area contributed by atoms with E-state index in [9.17, 15) is 10.1 Å². The van der Waals surface area contributed by atoms with Crippen LogP contribution in [0.1, 0.15) is 0 Å². The van der Waals surface area contributed by atoms with Crippen molar-refractivity contribution in [2.24, 2.45) is 0 Å². The fraction of sp³-hybridized carbons (Fsp3) is 0.600. The Balaban J connectivity index is 1.88. The normalized spacial score (nSPS) is 20.2. The van der Waals surface area contributed by atoms with Gasteiger partial charge in [-0.15, -0.1) is 0 Å². The van der Waals surface area contributed by atoms with Gasteiger partial charge in [0.25, 0.3) is 5.69 Å². The largest absolute Gasteiger partial charge is 0.378 e. The Labute approximate surface area is 130 Å². The van der Waals surface area contributed by atoms with Crippen molar-refractivity contribution in [2.45, 2.75) is 0 Å². The van der Waals surface area contributed by atoms with E-state index in [4.69, 9.17) is 4.74 Å². The molecular weight excluding hydrogens is 284 g/mol. The first-order valence-electron chi connectivity index (χ1n) is 7.69. The molecule has 0 atom stereocenters. The minimum Gasteiger partial charge on any atom is -0.378 e. The number of piperazine rings is 1. The number of benzene rings is 1. The third kappa shape index (κ3) is 3.31. The first kappa shape index (κ1) is 15.1. The van der Waals surface area contributed by atoms with Crippen molar-refractivity contribution < 1.29 is 9.66 Å². The average Bonchev–Trinajstić information content (AvgIpc) is 2.56. The molecular formula is C15H22N4O3. The quantitative estimate of drug-likeness (QED) is 0.617. The zero-order valence-corrected chi connectivity index (χ0v) is 12.9. The number of ether oxygens (including phenoxy) is 1. The van der Waals surface area contributed by atoms with Crippen molar-refractivity contribution in [3.05, 3.63) is 28.3 Å². The molecule has 2 heterocycles. The summed E-state index contributed by atoms with van der Waals surface area (Å²) in [6.45, 7) is 6.68. The summed E-state index contributed by atoms with van der Waals surface area (Å²) in [4.78, 5) is 17.6. The molecule has 2 saturated heterocycles. The van der Waals surface area contributed by atoms with Gasteiger partial charge in [0.2, 0.25) is 0 Å². The fourth-order valence-electron chi connectivity index (χ4n) is 2.94. The molecule has 0 aliphatic carbocycles. The molecule has 0 N–H and O–H groups in total. The molecule has 0 unspecified atom stereocenters. The molecule has 2 fully saturated rings. The minimum absolute atomic E-state index is 0.165. The van der Waals surface area contributed by atoms with Gasteiger partial charge in [-0.2, -0.15) is 0 Å². The Bertz CT molecular complexity index is 538. The fourth-order valence-corrected chi connectivity index (χ4v) is 2.94. The molecule has 0 amide bonds. The lowest BCUT2D eigenvalue weighted by atomic mass is 10.2. The molecule has 0 spiro atoms. The van der Waals surface area contributed by atoms with Crippen LogP contribution >= 0.6 is 0 Å². The summed E-state index contributed by atoms with van der Waals surface area (Å²) in [5.74, 6) is 0. The van der Waals surface area contributed by atoms with Crippen LogP contribution in [0.25, 0.3) is 0 Å². The van der Waals surface area contributed by atoms with Gasteiger partial charge in [0, 0.05) is 62.8 Å². The third-order valence-corrected chi connectivity index (χ3v) is 4.34. The molecule has 22 heavy (non-hydrogen) atoms. The number of anilines is 2. The number of hydrogen-bond acceptors (Lipinski definition) is 6. The lowest BCUT2D eigenvalue weighted by Crippen LogP contribution is -2.44. The molecule has 7 heteroatoms. The van der Waals surface area contributed by atoms with Crippen LogP contribution in [-0.2, 0) is 4.74 Å². The Morgan fingerprint density at radius 3 is 2.05 bits per heavy atom. The van der Waals surface area contributed by atoms with Crippen molar-refractivity contribution in [2.75, 3.05) is 69.3 Å². The third-order valence-electron chi connectivity index (χ3n) is 4.34. The Hall–Kier alpha value is -1.86. The molecule has 0 aromatic heterocycles. The Kier molecular flexibility index (Phi) is 4.44. The van der Waals surface area contributed by atoms with Gasteiger partial charge in [-0.25, -0.2) is 0 Å². The predicted octanol–water partition coefficient (Wildman–Crippen LogP) is 1.18. The molecule has 0 bridgehead atoms. The molecule has 0 saturated carbocycles. The summed E-state index contributed by atoms with van der Waals surface area (Å²) in [5.41, 5.74) is 2.04. The van der Waals surface area contributed by atoms with Crippen LogP contribution < -0.4 is 9.80 Å². The van der Waals surface area contributed by atoms with Crippen molar-refractivity contribution in [3.8, 4) is 0 Å². The first-order valence-corrected chi connectivity index (χ1v) is 7.69. The summed E-state index contributed by atoms with van der Waals surface area (Å²) in [7, 11) is 2.10. The molecule has 1 aromatic carbocycles. The van der Waals surface area contributed by atoms with E-state index < -0.39 is 0 Å². The van der Waals surface area contributed by atoms with E-state index in [1.54, 1.807) is 12.1 Å². The molecule has 0 radical (unpaired) electrons. The second-order valence-corrected chi connectivity index (χ2v) is 5.85. The van der Waals surface area contributed by atoms with Crippen molar-refractivity contribution in [1.29, 1.82) is 0 Å². The van der Waals surface area contributed by atoms with E-state index >= 15 is 0 Å². The summed E-state index contributed by atoms with van der Waals surface area (Å²) in [6.07, 6.45) is 0. The van der Waals surface area contributed by atoms with Gasteiger partial charge in [-0.05, 0) is 13.1 Å². The standard InChI is InChI=1S/C15H22N4O3/c1-16-2-4-17(5-3-16)13-10-14(12-15(11-13)19(20)21)18-6-8-22-9-7-18/h10-12H,2-9H2,1H3. The Morgan fingerprint density at radius 2 is 1.50 bits per heavy atom. The number of nitro benzene ring substituents is 1. The van der Waals surface area contributed by atoms with E-state index in [0.29, 0.717) is 13.2 Å². The highest BCUT2D eigenvalue weighted by Gasteiger charge is 2.20. The number of rotatable bonds is 3. The number of likely N-dealkylation sites (N-methyl/N-ethyl adjacent to an activating group) is 1. The maximum absolute atomic E-state index is 11.3. The second kappa shape index (κ2) is 6.50. The van der Waals surface area contributed by atoms with E-state index in [1.165, 1.54) is 0 Å². The SMILES string of the molecule is CN1CCN(c2cc(N3CCOCC3)cc([N+](=O)[O-])c2)CC1. The average molecular weight is 306 g/mol. The van der Waals surface area contributed by atoms with Crippen LogP contribution in [0.4, 0.5) is 17.1 Å². The minimum atomic E-state index is -0.302. The predicted molar refractivity (Wildman–Crippen MR) is 85.8 cm³/mol. The highest BCUT2D eigenvalue weighted by atomic mass is 16.6. The maximum Gasteiger partial charge on any atom is 0.273 e. The van der Waals surface area contributed by atoms with Crippen LogP contribution in [0.2, 0.25) is 0 Å². The van der Waals surface area contributed by atoms with Gasteiger partial charge in [0.15, 0.2) is 0 Å². The molecule has 1 aromatic rings. The van der Waals surface area contributed by atoms with E-state index in [1.807, 2.05) is 0 Å². The Morgan fingerprint density at radius 1 is 0.955 bits per heavy atom. The molecule has 3 rings (SSSR count). The number of non-ortho nitro benzene ring substituents is 1. The topological polar surface area (TPSA) is 62.1 Å². The number of nitro groups is 1. The first-order chi connectivity index (χ1) is 10.6. The molecule has 2 aliphatic rings. The number of nitrogens with zero attached hydrogens (tertiary/aromatic N) is 4. The van der Waals surface area contributed by atoms with Gasteiger partial charge in [0.05, 0.1) is 18.1 Å². The number of hydrogen-bond donors (Lipinski definition) is 0.